The summed E-state index contributed by atoms with van der Waals surface area (Å²) in [5, 5.41) is 0. The van der Waals surface area contributed by atoms with Crippen molar-refractivity contribution in [2.75, 3.05) is 0 Å². The van der Waals surface area contributed by atoms with Gasteiger partial charge >= 0.3 is 0 Å². The summed E-state index contributed by atoms with van der Waals surface area (Å²) in [7, 11) is 0. The van der Waals surface area contributed by atoms with E-state index in [1.807, 2.05) is 25.1 Å². The Hall–Kier alpha value is -1.26. The number of rotatable bonds is 3. The molecule has 1 unspecified atom stereocenters. The largest absolute Gasteiger partial charge is 0.324 e. The van der Waals surface area contributed by atoms with Gasteiger partial charge in [0.15, 0.2) is 0 Å². The van der Waals surface area contributed by atoms with E-state index in [0.717, 1.165) is 27.7 Å². The van der Waals surface area contributed by atoms with Crippen molar-refractivity contribution in [3.63, 3.8) is 0 Å². The molecule has 0 spiro atoms. The Morgan fingerprint density at radius 3 is 2.58 bits per heavy atom. The third-order valence-corrected chi connectivity index (χ3v) is 3.95. The lowest BCUT2D eigenvalue weighted by molar-refractivity contribution is 0.572. The Kier molecular flexibility index (Phi) is 4.32. The molecule has 2 aromatic carbocycles. The molecule has 2 aromatic rings. The van der Waals surface area contributed by atoms with Gasteiger partial charge in [0.25, 0.3) is 0 Å². The monoisotopic (exact) mass is 325 g/mol. The predicted molar refractivity (Wildman–Crippen MR) is 75.9 cm³/mol. The van der Waals surface area contributed by atoms with Crippen molar-refractivity contribution in [3.05, 3.63) is 69.2 Å². The first-order valence-electron chi connectivity index (χ1n) is 5.93. The maximum absolute atomic E-state index is 13.6. The molecule has 1 nitrogen and oxygen atoms in total. The fourth-order valence-electron chi connectivity index (χ4n) is 1.95. The zero-order valence-corrected chi connectivity index (χ0v) is 12.0. The maximum atomic E-state index is 13.6. The quantitative estimate of drug-likeness (QED) is 0.895. The highest BCUT2D eigenvalue weighted by molar-refractivity contribution is 9.10. The van der Waals surface area contributed by atoms with Gasteiger partial charge in [-0.25, -0.2) is 8.78 Å². The minimum atomic E-state index is -0.449. The molecule has 0 saturated carbocycles. The molecule has 0 aliphatic carbocycles. The van der Waals surface area contributed by atoms with Crippen molar-refractivity contribution in [1.82, 2.24) is 0 Å². The van der Waals surface area contributed by atoms with Crippen LogP contribution < -0.4 is 5.73 Å². The van der Waals surface area contributed by atoms with Gasteiger partial charge in [-0.1, -0.05) is 28.1 Å². The van der Waals surface area contributed by atoms with Crippen LogP contribution in [0.3, 0.4) is 0 Å². The van der Waals surface area contributed by atoms with Gasteiger partial charge < -0.3 is 5.73 Å². The number of hydrogen-bond donors (Lipinski definition) is 1. The number of hydrogen-bond acceptors (Lipinski definition) is 1. The summed E-state index contributed by atoms with van der Waals surface area (Å²) in [5.41, 5.74) is 8.33. The third-order valence-electron chi connectivity index (χ3n) is 3.06. The first kappa shape index (κ1) is 14.2. The fourth-order valence-corrected chi connectivity index (χ4v) is 2.20. The molecule has 0 aliphatic rings. The number of halogens is 3. The van der Waals surface area contributed by atoms with E-state index in [9.17, 15) is 8.78 Å². The van der Waals surface area contributed by atoms with Gasteiger partial charge in [-0.05, 0) is 54.3 Å². The van der Waals surface area contributed by atoms with E-state index < -0.39 is 11.6 Å². The van der Waals surface area contributed by atoms with Crippen molar-refractivity contribution in [2.24, 2.45) is 5.73 Å². The van der Waals surface area contributed by atoms with Crippen LogP contribution in [0.15, 0.2) is 40.9 Å². The average molecular weight is 326 g/mol. The standard InChI is InChI=1S/C15H14BrF2N/c1-9-6-10(2-4-13(9)16)15(19)8-11-7-12(17)3-5-14(11)18/h2-7,15H,8,19H2,1H3. The summed E-state index contributed by atoms with van der Waals surface area (Å²) in [5.74, 6) is -0.874. The highest BCUT2D eigenvalue weighted by Gasteiger charge is 2.12. The van der Waals surface area contributed by atoms with Crippen molar-refractivity contribution in [1.29, 1.82) is 0 Å². The molecule has 0 aromatic heterocycles. The van der Waals surface area contributed by atoms with Gasteiger partial charge in [0, 0.05) is 10.5 Å². The van der Waals surface area contributed by atoms with E-state index >= 15 is 0 Å². The molecule has 0 saturated heterocycles. The minimum absolute atomic E-state index is 0.269. The van der Waals surface area contributed by atoms with Crippen molar-refractivity contribution >= 4 is 15.9 Å². The Morgan fingerprint density at radius 2 is 1.89 bits per heavy atom. The SMILES string of the molecule is Cc1cc(C(N)Cc2cc(F)ccc2F)ccc1Br. The molecule has 0 heterocycles. The lowest BCUT2D eigenvalue weighted by Gasteiger charge is -2.14. The normalized spacial score (nSPS) is 12.5. The van der Waals surface area contributed by atoms with Crippen molar-refractivity contribution in [3.8, 4) is 0 Å². The zero-order valence-electron chi connectivity index (χ0n) is 10.5. The molecular formula is C15H14BrF2N. The molecule has 0 radical (unpaired) electrons. The van der Waals surface area contributed by atoms with Crippen LogP contribution in [0.5, 0.6) is 0 Å². The molecule has 2 N–H and O–H groups in total. The van der Waals surface area contributed by atoms with Crippen molar-refractivity contribution < 1.29 is 8.78 Å². The lowest BCUT2D eigenvalue weighted by Crippen LogP contribution is -2.14. The van der Waals surface area contributed by atoms with E-state index in [-0.39, 0.29) is 12.5 Å². The van der Waals surface area contributed by atoms with Gasteiger partial charge in [0.2, 0.25) is 0 Å². The average Bonchev–Trinajstić information content (AvgIpc) is 2.37. The van der Waals surface area contributed by atoms with Gasteiger partial charge in [-0.2, -0.15) is 0 Å². The maximum Gasteiger partial charge on any atom is 0.126 e. The number of nitrogens with two attached hydrogens (primary N) is 1. The molecule has 100 valence electrons. The summed E-state index contributed by atoms with van der Waals surface area (Å²) < 4.78 is 27.7. The van der Waals surface area contributed by atoms with Crippen LogP contribution in [0.4, 0.5) is 8.78 Å². The minimum Gasteiger partial charge on any atom is -0.324 e. The van der Waals surface area contributed by atoms with Gasteiger partial charge in [-0.3, -0.25) is 0 Å². The molecular weight excluding hydrogens is 312 g/mol. The smallest absolute Gasteiger partial charge is 0.126 e. The van der Waals surface area contributed by atoms with E-state index in [0.29, 0.717) is 5.56 Å². The summed E-state index contributed by atoms with van der Waals surface area (Å²) in [4.78, 5) is 0. The van der Waals surface area contributed by atoms with Crippen LogP contribution in [0.1, 0.15) is 22.7 Å². The fraction of sp³-hybridized carbons (Fsp3) is 0.200. The van der Waals surface area contributed by atoms with Crippen LogP contribution in [-0.2, 0) is 6.42 Å². The summed E-state index contributed by atoms with van der Waals surface area (Å²) in [6, 6.07) is 8.82. The molecule has 0 aliphatic heterocycles. The van der Waals surface area contributed by atoms with Crippen LogP contribution in [0.25, 0.3) is 0 Å². The highest BCUT2D eigenvalue weighted by Crippen LogP contribution is 2.23. The first-order chi connectivity index (χ1) is 8.97. The summed E-state index contributed by atoms with van der Waals surface area (Å²) >= 11 is 3.42. The third kappa shape index (κ3) is 3.39. The second kappa shape index (κ2) is 5.80. The summed E-state index contributed by atoms with van der Waals surface area (Å²) in [6.07, 6.45) is 0.269. The van der Waals surface area contributed by atoms with Gasteiger partial charge in [0.1, 0.15) is 11.6 Å². The Balaban J connectivity index is 2.22. The second-order valence-electron chi connectivity index (χ2n) is 4.55. The van der Waals surface area contributed by atoms with Crippen LogP contribution >= 0.6 is 15.9 Å². The van der Waals surface area contributed by atoms with E-state index in [2.05, 4.69) is 15.9 Å². The molecule has 2 rings (SSSR count). The molecule has 4 heteroatoms. The van der Waals surface area contributed by atoms with Crippen LogP contribution in [-0.4, -0.2) is 0 Å². The first-order valence-corrected chi connectivity index (χ1v) is 6.72. The molecule has 1 atom stereocenters. The molecule has 0 amide bonds. The number of benzene rings is 2. The van der Waals surface area contributed by atoms with E-state index in [1.165, 1.54) is 6.07 Å². The zero-order chi connectivity index (χ0) is 14.0. The van der Waals surface area contributed by atoms with Crippen LogP contribution in [0, 0.1) is 18.6 Å². The Morgan fingerprint density at radius 1 is 1.16 bits per heavy atom. The Bertz CT molecular complexity index is 599. The highest BCUT2D eigenvalue weighted by atomic mass is 79.9. The second-order valence-corrected chi connectivity index (χ2v) is 5.41. The molecule has 19 heavy (non-hydrogen) atoms. The predicted octanol–water partition coefficient (Wildman–Crippen LogP) is 4.28. The van der Waals surface area contributed by atoms with Crippen molar-refractivity contribution in [2.45, 2.75) is 19.4 Å². The van der Waals surface area contributed by atoms with Gasteiger partial charge in [0.05, 0.1) is 0 Å². The lowest BCUT2D eigenvalue weighted by atomic mass is 9.98. The van der Waals surface area contributed by atoms with E-state index in [1.54, 1.807) is 0 Å². The molecule has 0 fully saturated rings. The van der Waals surface area contributed by atoms with Crippen LogP contribution in [0.2, 0.25) is 0 Å². The Labute approximate surface area is 119 Å². The summed E-state index contributed by atoms with van der Waals surface area (Å²) in [6.45, 7) is 1.96. The topological polar surface area (TPSA) is 26.0 Å². The molecule has 0 bridgehead atoms. The van der Waals surface area contributed by atoms with E-state index in [4.69, 9.17) is 5.73 Å². The van der Waals surface area contributed by atoms with Gasteiger partial charge in [-0.15, -0.1) is 0 Å². The number of aryl methyl sites for hydroxylation is 1.